The first-order chi connectivity index (χ1) is 10.9. The molecule has 0 unspecified atom stereocenters. The molecule has 0 amide bonds. The number of hydrogen-bond acceptors (Lipinski definition) is 1. The number of allylic oxidation sites excluding steroid dienone is 1. The Bertz CT molecular complexity index is 693. The molecule has 1 nitrogen and oxygen atoms in total. The minimum absolute atomic E-state index is 1.12. The molecule has 1 N–H and O–H groups in total. The third-order valence-electron chi connectivity index (χ3n) is 3.53. The zero-order valence-electron chi connectivity index (χ0n) is 12.4. The van der Waals surface area contributed by atoms with Gasteiger partial charge < -0.3 is 5.32 Å². The third kappa shape index (κ3) is 3.86. The van der Waals surface area contributed by atoms with E-state index in [-0.39, 0.29) is 0 Å². The Hall–Kier alpha value is -2.80. The van der Waals surface area contributed by atoms with Crippen molar-refractivity contribution in [3.63, 3.8) is 0 Å². The molecular formula is C21H19N. The summed E-state index contributed by atoms with van der Waals surface area (Å²) in [6, 6.07) is 28.8. The van der Waals surface area contributed by atoms with Gasteiger partial charge in [-0.3, -0.25) is 0 Å². The van der Waals surface area contributed by atoms with Crippen LogP contribution in [0.3, 0.4) is 0 Å². The van der Waals surface area contributed by atoms with E-state index in [4.69, 9.17) is 0 Å². The number of fused-ring (bicyclic) bond motifs is 1. The molecule has 0 aromatic heterocycles. The normalized spacial score (nSPS) is 11.3. The van der Waals surface area contributed by atoms with Crippen LogP contribution in [0.5, 0.6) is 0 Å². The maximum absolute atomic E-state index is 3.30. The van der Waals surface area contributed by atoms with Crippen molar-refractivity contribution in [2.45, 2.75) is 6.42 Å². The minimum Gasteiger partial charge on any atom is -0.356 e. The van der Waals surface area contributed by atoms with Crippen LogP contribution < -0.4 is 5.32 Å². The first-order valence-corrected chi connectivity index (χ1v) is 7.53. The molecule has 22 heavy (non-hydrogen) atoms. The first kappa shape index (κ1) is 14.2. The van der Waals surface area contributed by atoms with Gasteiger partial charge in [-0.25, -0.2) is 0 Å². The highest BCUT2D eigenvalue weighted by molar-refractivity contribution is 5.59. The lowest BCUT2D eigenvalue weighted by Crippen LogP contribution is -1.87. The highest BCUT2D eigenvalue weighted by Gasteiger charge is 2.00. The van der Waals surface area contributed by atoms with Crippen molar-refractivity contribution in [3.8, 4) is 0 Å². The van der Waals surface area contributed by atoms with Crippen LogP contribution in [0.2, 0.25) is 0 Å². The number of rotatable bonds is 2. The van der Waals surface area contributed by atoms with Gasteiger partial charge in [0.2, 0.25) is 0 Å². The van der Waals surface area contributed by atoms with Gasteiger partial charge in [-0.2, -0.15) is 0 Å². The molecule has 3 aromatic carbocycles. The van der Waals surface area contributed by atoms with E-state index < -0.39 is 0 Å². The summed E-state index contributed by atoms with van der Waals surface area (Å²) in [4.78, 5) is 0. The second-order valence-corrected chi connectivity index (χ2v) is 5.16. The quantitative estimate of drug-likeness (QED) is 0.638. The van der Waals surface area contributed by atoms with Gasteiger partial charge in [0.1, 0.15) is 0 Å². The number of para-hydroxylation sites is 2. The van der Waals surface area contributed by atoms with Gasteiger partial charge >= 0.3 is 0 Å². The molecule has 1 heteroatoms. The molecule has 1 aliphatic carbocycles. The van der Waals surface area contributed by atoms with E-state index in [9.17, 15) is 0 Å². The average Bonchev–Trinajstić information content (AvgIpc) is 3.06. The van der Waals surface area contributed by atoms with Gasteiger partial charge in [0.15, 0.2) is 0 Å². The zero-order valence-corrected chi connectivity index (χ0v) is 12.4. The molecule has 0 aliphatic heterocycles. The standard InChI is InChI=1S/C12H11N.C9H8/c1-3-7-11(8-4-1)13-12-9-5-2-6-10-12;1-2-5-9-7-3-6-8(9)4-1/h1-10,13H;1-6H,7H2. The Morgan fingerprint density at radius 1 is 0.591 bits per heavy atom. The second kappa shape index (κ2) is 7.28. The summed E-state index contributed by atoms with van der Waals surface area (Å²) in [5, 5.41) is 3.30. The maximum atomic E-state index is 3.30. The fourth-order valence-corrected chi connectivity index (χ4v) is 2.41. The SMILES string of the molecule is C1=Cc2ccccc2C1.c1ccc(Nc2ccccc2)cc1. The smallest absolute Gasteiger partial charge is 0.0384 e. The average molecular weight is 285 g/mol. The van der Waals surface area contributed by atoms with E-state index in [0.717, 1.165) is 17.8 Å². The van der Waals surface area contributed by atoms with Gasteiger partial charge in [-0.15, -0.1) is 0 Å². The van der Waals surface area contributed by atoms with Crippen LogP contribution in [0.1, 0.15) is 11.1 Å². The van der Waals surface area contributed by atoms with Gasteiger partial charge in [0.25, 0.3) is 0 Å². The van der Waals surface area contributed by atoms with Crippen LogP contribution in [0.25, 0.3) is 6.08 Å². The molecule has 0 fully saturated rings. The predicted octanol–water partition coefficient (Wildman–Crippen LogP) is 5.69. The van der Waals surface area contributed by atoms with Crippen LogP contribution in [0, 0.1) is 0 Å². The van der Waals surface area contributed by atoms with E-state index in [1.807, 2.05) is 60.7 Å². The van der Waals surface area contributed by atoms with Crippen LogP contribution >= 0.6 is 0 Å². The highest BCUT2D eigenvalue weighted by Crippen LogP contribution is 2.17. The van der Waals surface area contributed by atoms with Crippen molar-refractivity contribution >= 4 is 17.5 Å². The van der Waals surface area contributed by atoms with Crippen molar-refractivity contribution in [3.05, 3.63) is 102 Å². The molecule has 0 atom stereocenters. The van der Waals surface area contributed by atoms with Gasteiger partial charge in [-0.05, 0) is 41.8 Å². The molecular weight excluding hydrogens is 266 g/mol. The Morgan fingerprint density at radius 2 is 1.14 bits per heavy atom. The molecule has 4 rings (SSSR count). The van der Waals surface area contributed by atoms with Crippen LogP contribution in [0.15, 0.2) is 91.0 Å². The lowest BCUT2D eigenvalue weighted by atomic mass is 10.1. The largest absolute Gasteiger partial charge is 0.356 e. The summed E-state index contributed by atoms with van der Waals surface area (Å²) in [5.41, 5.74) is 5.08. The number of nitrogens with one attached hydrogen (secondary N) is 1. The molecule has 0 radical (unpaired) electrons. The monoisotopic (exact) mass is 285 g/mol. The van der Waals surface area contributed by atoms with Gasteiger partial charge in [0.05, 0.1) is 0 Å². The molecule has 0 bridgehead atoms. The predicted molar refractivity (Wildman–Crippen MR) is 95.3 cm³/mol. The van der Waals surface area contributed by atoms with E-state index in [1.165, 1.54) is 11.1 Å². The Labute approximate surface area is 132 Å². The second-order valence-electron chi connectivity index (χ2n) is 5.16. The number of anilines is 2. The van der Waals surface area contributed by atoms with Gasteiger partial charge in [0, 0.05) is 11.4 Å². The topological polar surface area (TPSA) is 12.0 Å². The molecule has 0 spiro atoms. The Morgan fingerprint density at radius 3 is 1.73 bits per heavy atom. The summed E-state index contributed by atoms with van der Waals surface area (Å²) in [7, 11) is 0. The van der Waals surface area contributed by atoms with Crippen LogP contribution in [-0.4, -0.2) is 0 Å². The van der Waals surface area contributed by atoms with Crippen molar-refractivity contribution in [1.29, 1.82) is 0 Å². The number of benzene rings is 3. The Kier molecular flexibility index (Phi) is 4.68. The van der Waals surface area contributed by atoms with Crippen molar-refractivity contribution in [2.24, 2.45) is 0 Å². The maximum Gasteiger partial charge on any atom is 0.0384 e. The molecule has 1 aliphatic rings. The summed E-state index contributed by atoms with van der Waals surface area (Å²) in [6.07, 6.45) is 5.50. The fraction of sp³-hybridized carbons (Fsp3) is 0.0476. The van der Waals surface area contributed by atoms with E-state index in [0.29, 0.717) is 0 Å². The molecule has 0 heterocycles. The van der Waals surface area contributed by atoms with Crippen molar-refractivity contribution in [1.82, 2.24) is 0 Å². The summed E-state index contributed by atoms with van der Waals surface area (Å²) in [6.45, 7) is 0. The Balaban J connectivity index is 0.000000139. The van der Waals surface area contributed by atoms with E-state index in [2.05, 4.69) is 41.7 Å². The molecule has 108 valence electrons. The van der Waals surface area contributed by atoms with Gasteiger partial charge in [-0.1, -0.05) is 72.8 Å². The van der Waals surface area contributed by atoms with E-state index in [1.54, 1.807) is 0 Å². The summed E-state index contributed by atoms with van der Waals surface area (Å²) >= 11 is 0. The molecule has 3 aromatic rings. The lowest BCUT2D eigenvalue weighted by molar-refractivity contribution is 1.31. The first-order valence-electron chi connectivity index (χ1n) is 7.53. The van der Waals surface area contributed by atoms with Crippen molar-refractivity contribution < 1.29 is 0 Å². The lowest BCUT2D eigenvalue weighted by Gasteiger charge is -2.04. The highest BCUT2D eigenvalue weighted by atomic mass is 14.9. The van der Waals surface area contributed by atoms with Crippen LogP contribution in [-0.2, 0) is 6.42 Å². The number of hydrogen-bond donors (Lipinski definition) is 1. The van der Waals surface area contributed by atoms with Crippen molar-refractivity contribution in [2.75, 3.05) is 5.32 Å². The minimum atomic E-state index is 1.12. The summed E-state index contributed by atoms with van der Waals surface area (Å²) in [5.74, 6) is 0. The molecule has 0 saturated carbocycles. The summed E-state index contributed by atoms with van der Waals surface area (Å²) < 4.78 is 0. The molecule has 0 saturated heterocycles. The van der Waals surface area contributed by atoms with Crippen LogP contribution in [0.4, 0.5) is 11.4 Å². The van der Waals surface area contributed by atoms with E-state index >= 15 is 0 Å². The zero-order chi connectivity index (χ0) is 15.0. The fourth-order valence-electron chi connectivity index (χ4n) is 2.41. The third-order valence-corrected chi connectivity index (χ3v) is 3.53.